The molecule has 1 aliphatic rings. The summed E-state index contributed by atoms with van der Waals surface area (Å²) in [5, 5.41) is 13.5. The molecule has 2 rings (SSSR count). The summed E-state index contributed by atoms with van der Waals surface area (Å²) in [7, 11) is 0. The molecular formula is C10H12IN3O2S. The number of rotatable bonds is 2. The predicted molar refractivity (Wildman–Crippen MR) is 74.5 cm³/mol. The summed E-state index contributed by atoms with van der Waals surface area (Å²) in [6.45, 7) is 0.659. The van der Waals surface area contributed by atoms with Gasteiger partial charge in [0.2, 0.25) is 0 Å². The molecule has 1 aromatic heterocycles. The number of nitrogens with zero attached hydrogens (tertiary/aromatic N) is 2. The zero-order valence-electron chi connectivity index (χ0n) is 8.97. The number of thiophene rings is 1. The molecule has 0 spiro atoms. The van der Waals surface area contributed by atoms with E-state index in [1.807, 2.05) is 11.4 Å². The first-order chi connectivity index (χ1) is 8.13. The maximum absolute atomic E-state index is 12.2. The molecule has 1 aromatic rings. The molecule has 0 radical (unpaired) electrons. The highest BCUT2D eigenvalue weighted by atomic mass is 127. The third kappa shape index (κ3) is 2.54. The van der Waals surface area contributed by atoms with Crippen molar-refractivity contribution in [2.24, 2.45) is 10.9 Å². The molecule has 92 valence electrons. The number of nitrogens with two attached hydrogens (primary N) is 1. The van der Waals surface area contributed by atoms with Gasteiger partial charge in [0.1, 0.15) is 0 Å². The van der Waals surface area contributed by atoms with Gasteiger partial charge in [-0.25, -0.2) is 0 Å². The minimum absolute atomic E-state index is 0.0433. The molecule has 2 heterocycles. The van der Waals surface area contributed by atoms with Crippen LogP contribution in [-0.2, 0) is 0 Å². The summed E-state index contributed by atoms with van der Waals surface area (Å²) in [5.41, 5.74) is 6.27. The van der Waals surface area contributed by atoms with E-state index in [0.29, 0.717) is 12.1 Å². The van der Waals surface area contributed by atoms with Gasteiger partial charge in [-0.15, -0.1) is 11.3 Å². The van der Waals surface area contributed by atoms with Gasteiger partial charge in [0.15, 0.2) is 5.84 Å². The second-order valence-corrected chi connectivity index (χ2v) is 6.63. The molecular weight excluding hydrogens is 353 g/mol. The monoisotopic (exact) mass is 365 g/mol. The fraction of sp³-hybridized carbons (Fsp3) is 0.400. The highest BCUT2D eigenvalue weighted by Crippen LogP contribution is 2.23. The number of oxime groups is 1. The van der Waals surface area contributed by atoms with E-state index in [4.69, 9.17) is 10.9 Å². The van der Waals surface area contributed by atoms with Gasteiger partial charge in [0.05, 0.1) is 14.5 Å². The van der Waals surface area contributed by atoms with E-state index >= 15 is 0 Å². The molecule has 3 N–H and O–H groups in total. The lowest BCUT2D eigenvalue weighted by atomic mass is 10.2. The summed E-state index contributed by atoms with van der Waals surface area (Å²) >= 11 is 3.72. The van der Waals surface area contributed by atoms with Crippen LogP contribution in [-0.4, -0.2) is 34.4 Å². The maximum atomic E-state index is 12.2. The first kappa shape index (κ1) is 12.6. The zero-order chi connectivity index (χ0) is 12.4. The third-order valence-corrected chi connectivity index (χ3v) is 4.57. The quantitative estimate of drug-likeness (QED) is 0.275. The van der Waals surface area contributed by atoms with E-state index in [1.54, 1.807) is 4.90 Å². The molecule has 1 saturated heterocycles. The van der Waals surface area contributed by atoms with Crippen molar-refractivity contribution in [2.75, 3.05) is 6.54 Å². The zero-order valence-corrected chi connectivity index (χ0v) is 11.9. The van der Waals surface area contributed by atoms with Crippen LogP contribution in [0.5, 0.6) is 0 Å². The Labute approximate surface area is 116 Å². The van der Waals surface area contributed by atoms with Crippen LogP contribution in [0, 0.1) is 2.88 Å². The molecule has 5 nitrogen and oxygen atoms in total. The molecule has 0 saturated carbocycles. The van der Waals surface area contributed by atoms with Gasteiger partial charge in [-0.3, -0.25) is 4.79 Å². The van der Waals surface area contributed by atoms with Gasteiger partial charge >= 0.3 is 0 Å². The second kappa shape index (κ2) is 5.21. The van der Waals surface area contributed by atoms with Crippen molar-refractivity contribution in [3.8, 4) is 0 Å². The molecule has 7 heteroatoms. The lowest BCUT2D eigenvalue weighted by molar-refractivity contribution is 0.0768. The van der Waals surface area contributed by atoms with Gasteiger partial charge in [-0.1, -0.05) is 5.16 Å². The van der Waals surface area contributed by atoms with E-state index in [0.717, 1.165) is 15.7 Å². The Kier molecular flexibility index (Phi) is 3.87. The van der Waals surface area contributed by atoms with Crippen molar-refractivity contribution in [1.29, 1.82) is 0 Å². The Balaban J connectivity index is 2.19. The Morgan fingerprint density at radius 3 is 3.06 bits per heavy atom. The van der Waals surface area contributed by atoms with E-state index in [9.17, 15) is 4.79 Å². The van der Waals surface area contributed by atoms with Crippen molar-refractivity contribution in [2.45, 2.75) is 18.9 Å². The van der Waals surface area contributed by atoms with E-state index in [-0.39, 0.29) is 17.8 Å². The summed E-state index contributed by atoms with van der Waals surface area (Å²) in [6, 6.07) is 1.58. The number of carbonyl (C=O) groups excluding carboxylic acids is 1. The molecule has 1 atom stereocenters. The van der Waals surface area contributed by atoms with Crippen molar-refractivity contribution in [3.05, 3.63) is 19.9 Å². The van der Waals surface area contributed by atoms with Crippen LogP contribution in [0.25, 0.3) is 0 Å². The molecule has 1 unspecified atom stereocenters. The molecule has 0 bridgehead atoms. The van der Waals surface area contributed by atoms with Crippen LogP contribution in [0.3, 0.4) is 0 Å². The fourth-order valence-electron chi connectivity index (χ4n) is 1.97. The minimum atomic E-state index is -0.273. The molecule has 0 aromatic carbocycles. The predicted octanol–water partition coefficient (Wildman–Crippen LogP) is 1.70. The van der Waals surface area contributed by atoms with E-state index in [1.165, 1.54) is 11.3 Å². The SMILES string of the molecule is NC(=NO)C1CCCN1C(=O)c1csc(I)c1. The average molecular weight is 365 g/mol. The number of amides is 1. The number of hydrogen-bond acceptors (Lipinski definition) is 4. The van der Waals surface area contributed by atoms with Crippen LogP contribution < -0.4 is 5.73 Å². The summed E-state index contributed by atoms with van der Waals surface area (Å²) in [5.74, 6) is 0.0686. The molecule has 1 fully saturated rings. The fourth-order valence-corrected chi connectivity index (χ4v) is 3.29. The maximum Gasteiger partial charge on any atom is 0.255 e. The lowest BCUT2D eigenvalue weighted by Gasteiger charge is -2.23. The van der Waals surface area contributed by atoms with Gasteiger partial charge in [0, 0.05) is 11.9 Å². The Hall–Kier alpha value is -0.830. The topological polar surface area (TPSA) is 78.9 Å². The highest BCUT2D eigenvalue weighted by molar-refractivity contribution is 14.1. The largest absolute Gasteiger partial charge is 0.409 e. The van der Waals surface area contributed by atoms with Crippen molar-refractivity contribution < 1.29 is 10.0 Å². The number of amidine groups is 1. The van der Waals surface area contributed by atoms with Crippen molar-refractivity contribution in [1.82, 2.24) is 4.90 Å². The van der Waals surface area contributed by atoms with Crippen LogP contribution in [0.1, 0.15) is 23.2 Å². The summed E-state index contributed by atoms with van der Waals surface area (Å²) in [4.78, 5) is 13.9. The van der Waals surface area contributed by atoms with Crippen molar-refractivity contribution >= 4 is 45.7 Å². The third-order valence-electron chi connectivity index (χ3n) is 2.78. The Bertz CT molecular complexity index is 460. The normalized spacial score (nSPS) is 20.9. The second-order valence-electron chi connectivity index (χ2n) is 3.82. The minimum Gasteiger partial charge on any atom is -0.409 e. The van der Waals surface area contributed by atoms with Crippen molar-refractivity contribution in [3.63, 3.8) is 0 Å². The van der Waals surface area contributed by atoms with Crippen LogP contribution in [0.4, 0.5) is 0 Å². The van der Waals surface area contributed by atoms with Gasteiger partial charge in [0.25, 0.3) is 5.91 Å². The molecule has 1 aliphatic heterocycles. The summed E-state index contributed by atoms with van der Waals surface area (Å²) < 4.78 is 1.07. The smallest absolute Gasteiger partial charge is 0.255 e. The van der Waals surface area contributed by atoms with Crippen LogP contribution in [0.15, 0.2) is 16.6 Å². The first-order valence-corrected chi connectivity index (χ1v) is 7.11. The van der Waals surface area contributed by atoms with Gasteiger partial charge in [-0.05, 0) is 41.5 Å². The number of hydrogen-bond donors (Lipinski definition) is 2. The molecule has 17 heavy (non-hydrogen) atoms. The van der Waals surface area contributed by atoms with E-state index in [2.05, 4.69) is 27.7 Å². The number of carbonyl (C=O) groups is 1. The average Bonchev–Trinajstić information content (AvgIpc) is 2.95. The Morgan fingerprint density at radius 2 is 2.47 bits per heavy atom. The summed E-state index contributed by atoms with van der Waals surface area (Å²) in [6.07, 6.45) is 1.64. The number of likely N-dealkylation sites (tertiary alicyclic amines) is 1. The van der Waals surface area contributed by atoms with E-state index < -0.39 is 0 Å². The van der Waals surface area contributed by atoms with Crippen LogP contribution in [0.2, 0.25) is 0 Å². The first-order valence-electron chi connectivity index (χ1n) is 5.16. The Morgan fingerprint density at radius 1 is 1.71 bits per heavy atom. The highest BCUT2D eigenvalue weighted by Gasteiger charge is 2.32. The molecule has 0 aliphatic carbocycles. The molecule has 1 amide bonds. The van der Waals surface area contributed by atoms with Gasteiger partial charge < -0.3 is 15.8 Å². The van der Waals surface area contributed by atoms with Crippen LogP contribution >= 0.6 is 33.9 Å². The lowest BCUT2D eigenvalue weighted by Crippen LogP contribution is -2.43. The standard InChI is InChI=1S/C10H12IN3O2S/c11-8-4-6(5-17-8)10(15)14-3-1-2-7(14)9(12)13-16/h4-5,7,16H,1-3H2,(H2,12,13). The van der Waals surface area contributed by atoms with Gasteiger partial charge in [-0.2, -0.15) is 0 Å². The number of halogens is 1.